The van der Waals surface area contributed by atoms with Gasteiger partial charge in [0.2, 0.25) is 0 Å². The fraction of sp³-hybridized carbons (Fsp3) is 0.208. The van der Waals surface area contributed by atoms with Crippen LogP contribution in [0.2, 0.25) is 0 Å². The molecule has 0 bridgehead atoms. The van der Waals surface area contributed by atoms with Crippen LogP contribution in [0.1, 0.15) is 39.2 Å². The molecule has 0 aliphatic rings. The fourth-order valence-electron chi connectivity index (χ4n) is 3.13. The Labute approximate surface area is 216 Å². The van der Waals surface area contributed by atoms with E-state index in [1.807, 2.05) is 24.6 Å². The van der Waals surface area contributed by atoms with Crippen molar-refractivity contribution in [1.82, 2.24) is 4.98 Å². The van der Waals surface area contributed by atoms with E-state index < -0.39 is 0 Å². The largest absolute Gasteiger partial charge is 3.00 e. The summed E-state index contributed by atoms with van der Waals surface area (Å²) in [5.74, 6) is 0. The van der Waals surface area contributed by atoms with Gasteiger partial charge >= 0.3 is 18.6 Å². The number of aliphatic imine (C=N–C) groups is 2. The average molecular weight is 513 g/mol. The van der Waals surface area contributed by atoms with Crippen LogP contribution in [0.3, 0.4) is 0 Å². The van der Waals surface area contributed by atoms with Gasteiger partial charge in [0, 0.05) is 0 Å². The molecule has 3 nitrogen and oxygen atoms in total. The van der Waals surface area contributed by atoms with Crippen LogP contribution in [0.4, 0.5) is 11.4 Å². The third-order valence-corrected chi connectivity index (χ3v) is 4.54. The first-order valence-corrected chi connectivity index (χ1v) is 9.13. The third kappa shape index (κ3) is 8.44. The second kappa shape index (κ2) is 14.4. The molecule has 0 N–H and O–H groups in total. The van der Waals surface area contributed by atoms with Gasteiger partial charge in [-0.15, -0.1) is 0 Å². The van der Waals surface area contributed by atoms with Gasteiger partial charge in [-0.1, -0.05) is 36.4 Å². The standard InChI is InChI=1S/C24H25N3.3ClH.V/c1-16-12-21(14-25-23-17(2)8-6-9-18(23)3)27-22(13-16)15-26-24-19(4)10-7-11-20(24)5;;;;/h6-15H,1-5H3;3*1H;/q;;;;+3/p-3. The van der Waals surface area contributed by atoms with Crippen molar-refractivity contribution in [3.8, 4) is 0 Å². The predicted octanol–water partition coefficient (Wildman–Crippen LogP) is -2.87. The molecule has 1 heterocycles. The van der Waals surface area contributed by atoms with Crippen LogP contribution < -0.4 is 37.2 Å². The van der Waals surface area contributed by atoms with Crippen LogP contribution >= 0.6 is 0 Å². The first kappa shape index (κ1) is 31.6. The summed E-state index contributed by atoms with van der Waals surface area (Å²) in [7, 11) is 0. The number of pyridine rings is 1. The van der Waals surface area contributed by atoms with E-state index in [0.29, 0.717) is 0 Å². The molecular formula is C24H25Cl3N3V. The van der Waals surface area contributed by atoms with Gasteiger partial charge in [0.05, 0.1) is 35.2 Å². The average Bonchev–Trinajstić information content (AvgIpc) is 2.60. The zero-order valence-electron chi connectivity index (χ0n) is 18.2. The van der Waals surface area contributed by atoms with E-state index in [4.69, 9.17) is 0 Å². The van der Waals surface area contributed by atoms with Gasteiger partial charge in [0.25, 0.3) is 0 Å². The van der Waals surface area contributed by atoms with Gasteiger partial charge in [-0.3, -0.25) is 9.98 Å². The Kier molecular flexibility index (Phi) is 14.7. The first-order chi connectivity index (χ1) is 12.9. The molecule has 7 heteroatoms. The van der Waals surface area contributed by atoms with Crippen molar-refractivity contribution in [1.29, 1.82) is 0 Å². The number of benzene rings is 2. The Hall–Kier alpha value is -1.62. The van der Waals surface area contributed by atoms with Gasteiger partial charge in [0.1, 0.15) is 0 Å². The molecule has 31 heavy (non-hydrogen) atoms. The molecule has 0 fully saturated rings. The van der Waals surface area contributed by atoms with Crippen LogP contribution in [0.15, 0.2) is 58.5 Å². The quantitative estimate of drug-likeness (QED) is 0.347. The predicted molar refractivity (Wildman–Crippen MR) is 115 cm³/mol. The van der Waals surface area contributed by atoms with Gasteiger partial charge < -0.3 is 37.2 Å². The van der Waals surface area contributed by atoms with Crippen LogP contribution in [0.25, 0.3) is 0 Å². The topological polar surface area (TPSA) is 37.6 Å². The minimum atomic E-state index is 0. The van der Waals surface area contributed by atoms with Gasteiger partial charge in [0.15, 0.2) is 0 Å². The summed E-state index contributed by atoms with van der Waals surface area (Å²) in [5, 5.41) is 0. The molecule has 1 aromatic heterocycles. The Bertz CT molecular complexity index is 930. The second-order valence-electron chi connectivity index (χ2n) is 6.99. The summed E-state index contributed by atoms with van der Waals surface area (Å²) >= 11 is 0. The number of para-hydroxylation sites is 2. The fourth-order valence-corrected chi connectivity index (χ4v) is 3.13. The molecule has 2 aromatic carbocycles. The molecule has 0 saturated heterocycles. The number of aromatic nitrogens is 1. The van der Waals surface area contributed by atoms with Gasteiger partial charge in [-0.05, 0) is 74.6 Å². The SMILES string of the molecule is Cc1cc(C=Nc2c(C)cccc2C)nc(C=Nc2c(C)cccc2C)c1.[Cl-].[Cl-].[Cl-].[V+3]. The van der Waals surface area contributed by atoms with Gasteiger partial charge in [-0.25, -0.2) is 4.98 Å². The van der Waals surface area contributed by atoms with E-state index in [9.17, 15) is 0 Å². The van der Waals surface area contributed by atoms with Crippen LogP contribution in [-0.4, -0.2) is 17.4 Å². The van der Waals surface area contributed by atoms with Crippen LogP contribution in [-0.2, 0) is 18.6 Å². The molecule has 0 aliphatic heterocycles. The number of hydrogen-bond acceptors (Lipinski definition) is 3. The summed E-state index contributed by atoms with van der Waals surface area (Å²) in [6.45, 7) is 10.4. The van der Waals surface area contributed by atoms with E-state index in [1.165, 1.54) is 0 Å². The van der Waals surface area contributed by atoms with E-state index in [0.717, 1.165) is 50.6 Å². The minimum absolute atomic E-state index is 0. The summed E-state index contributed by atoms with van der Waals surface area (Å²) in [6, 6.07) is 16.5. The van der Waals surface area contributed by atoms with Crippen molar-refractivity contribution in [3.05, 3.63) is 87.7 Å². The molecule has 0 spiro atoms. The molecule has 162 valence electrons. The normalized spacial score (nSPS) is 10.1. The zero-order valence-corrected chi connectivity index (χ0v) is 21.9. The smallest absolute Gasteiger partial charge is 1.00 e. The first-order valence-electron chi connectivity index (χ1n) is 9.13. The number of halogens is 3. The van der Waals surface area contributed by atoms with E-state index in [2.05, 4.69) is 86.0 Å². The maximum Gasteiger partial charge on any atom is 3.00 e. The molecule has 3 rings (SSSR count). The third-order valence-electron chi connectivity index (χ3n) is 4.54. The molecule has 0 unspecified atom stereocenters. The summed E-state index contributed by atoms with van der Waals surface area (Å²) in [6.07, 6.45) is 3.66. The monoisotopic (exact) mass is 511 g/mol. The minimum Gasteiger partial charge on any atom is -1.00 e. The number of nitrogens with zero attached hydrogens (tertiary/aromatic N) is 3. The van der Waals surface area contributed by atoms with E-state index in [1.54, 1.807) is 0 Å². The zero-order chi connectivity index (χ0) is 19.4. The molecule has 0 radical (unpaired) electrons. The van der Waals surface area contributed by atoms with Crippen molar-refractivity contribution < 1.29 is 55.8 Å². The summed E-state index contributed by atoms with van der Waals surface area (Å²) in [4.78, 5) is 14.0. The van der Waals surface area contributed by atoms with Crippen molar-refractivity contribution in [2.24, 2.45) is 9.98 Å². The number of hydrogen-bond donors (Lipinski definition) is 0. The van der Waals surface area contributed by atoms with Crippen molar-refractivity contribution in [2.75, 3.05) is 0 Å². The second-order valence-corrected chi connectivity index (χ2v) is 6.99. The van der Waals surface area contributed by atoms with Crippen molar-refractivity contribution in [3.63, 3.8) is 0 Å². The summed E-state index contributed by atoms with van der Waals surface area (Å²) in [5.41, 5.74) is 9.47. The maximum atomic E-state index is 4.68. The molecule has 0 aliphatic carbocycles. The van der Waals surface area contributed by atoms with Crippen LogP contribution in [0, 0.1) is 34.6 Å². The molecule has 3 aromatic rings. The molecular weight excluding hydrogens is 488 g/mol. The van der Waals surface area contributed by atoms with E-state index in [-0.39, 0.29) is 55.8 Å². The van der Waals surface area contributed by atoms with E-state index >= 15 is 0 Å². The van der Waals surface area contributed by atoms with Crippen molar-refractivity contribution in [2.45, 2.75) is 34.6 Å². The number of rotatable bonds is 4. The van der Waals surface area contributed by atoms with Crippen molar-refractivity contribution >= 4 is 23.8 Å². The van der Waals surface area contributed by atoms with Gasteiger partial charge in [-0.2, -0.15) is 0 Å². The molecule has 0 amide bonds. The Balaban J connectivity index is 0. The molecule has 0 saturated carbocycles. The Morgan fingerprint density at radius 2 is 0.935 bits per heavy atom. The Morgan fingerprint density at radius 1 is 0.613 bits per heavy atom. The number of aryl methyl sites for hydroxylation is 5. The molecule has 0 atom stereocenters. The maximum absolute atomic E-state index is 4.68. The Morgan fingerprint density at radius 3 is 1.26 bits per heavy atom. The summed E-state index contributed by atoms with van der Waals surface area (Å²) < 4.78 is 0. The van der Waals surface area contributed by atoms with Crippen LogP contribution in [0.5, 0.6) is 0 Å².